The number of nitrogens with zero attached hydrogens (tertiary/aromatic N) is 2. The van der Waals surface area contributed by atoms with Crippen molar-refractivity contribution in [3.63, 3.8) is 0 Å². The van der Waals surface area contributed by atoms with E-state index in [1.807, 2.05) is 0 Å². The van der Waals surface area contributed by atoms with Crippen molar-refractivity contribution in [3.05, 3.63) is 0 Å². The van der Waals surface area contributed by atoms with Crippen molar-refractivity contribution in [1.29, 1.82) is 0 Å². The maximum atomic E-state index is 11.7. The van der Waals surface area contributed by atoms with E-state index in [0.29, 0.717) is 12.1 Å². The highest BCUT2D eigenvalue weighted by Crippen LogP contribution is 2.44. The van der Waals surface area contributed by atoms with E-state index >= 15 is 0 Å². The van der Waals surface area contributed by atoms with Gasteiger partial charge >= 0.3 is 0 Å². The quantitative estimate of drug-likeness (QED) is 0.424. The van der Waals surface area contributed by atoms with Gasteiger partial charge in [0.1, 0.15) is 6.54 Å². The molecule has 0 saturated heterocycles. The first-order valence-electron chi connectivity index (χ1n) is 7.73. The first kappa shape index (κ1) is 18.5. The van der Waals surface area contributed by atoms with Crippen LogP contribution in [0.2, 0.25) is 0 Å². The van der Waals surface area contributed by atoms with Crippen LogP contribution in [0.4, 0.5) is 0 Å². The minimum Gasteiger partial charge on any atom is -0.354 e. The van der Waals surface area contributed by atoms with Crippen molar-refractivity contribution >= 4 is 35.8 Å². The molecule has 0 spiro atoms. The number of likely N-dealkylation sites (N-methyl/N-ethyl adjacent to an activating group) is 1. The number of halogens is 1. The van der Waals surface area contributed by atoms with E-state index in [0.717, 1.165) is 17.8 Å². The number of carbonyl (C=O) groups is 1. The van der Waals surface area contributed by atoms with Gasteiger partial charge in [-0.15, -0.1) is 24.0 Å². The molecule has 0 aromatic heterocycles. The molecule has 2 fully saturated rings. The van der Waals surface area contributed by atoms with E-state index < -0.39 is 0 Å². The van der Waals surface area contributed by atoms with Crippen LogP contribution in [0.3, 0.4) is 0 Å². The standard InChI is InChI=1S/C15H28N4O.HI/c1-10(2)17-15(16-9-14(20)19(3)4)18-13-8-11-5-6-12(13)7-11;/h10-13H,5-9H2,1-4H3,(H2,16,17,18);1H. The van der Waals surface area contributed by atoms with Crippen molar-refractivity contribution in [3.8, 4) is 0 Å². The van der Waals surface area contributed by atoms with E-state index in [9.17, 15) is 4.79 Å². The molecule has 2 saturated carbocycles. The summed E-state index contributed by atoms with van der Waals surface area (Å²) in [6.45, 7) is 4.38. The molecule has 0 aromatic carbocycles. The molecule has 5 nitrogen and oxygen atoms in total. The highest BCUT2D eigenvalue weighted by Gasteiger charge is 2.39. The Morgan fingerprint density at radius 1 is 1.29 bits per heavy atom. The zero-order valence-corrected chi connectivity index (χ0v) is 15.9. The van der Waals surface area contributed by atoms with Crippen molar-refractivity contribution in [2.45, 2.75) is 51.6 Å². The minimum absolute atomic E-state index is 0. The molecule has 2 aliphatic rings. The maximum Gasteiger partial charge on any atom is 0.243 e. The summed E-state index contributed by atoms with van der Waals surface area (Å²) in [5.74, 6) is 2.51. The second-order valence-electron chi connectivity index (χ2n) is 6.68. The van der Waals surface area contributed by atoms with Gasteiger partial charge in [-0.05, 0) is 44.9 Å². The first-order chi connectivity index (χ1) is 9.45. The smallest absolute Gasteiger partial charge is 0.243 e. The van der Waals surface area contributed by atoms with E-state index in [1.165, 1.54) is 25.7 Å². The lowest BCUT2D eigenvalue weighted by molar-refractivity contribution is -0.127. The summed E-state index contributed by atoms with van der Waals surface area (Å²) in [7, 11) is 3.52. The Balaban J connectivity index is 0.00000220. The van der Waals surface area contributed by atoms with Crippen LogP contribution in [-0.4, -0.2) is 49.5 Å². The number of aliphatic imine (C=N–C) groups is 1. The fraction of sp³-hybridized carbons (Fsp3) is 0.867. The summed E-state index contributed by atoms with van der Waals surface area (Å²) in [4.78, 5) is 17.7. The fourth-order valence-corrected chi connectivity index (χ4v) is 3.29. The molecular weight excluding hydrogens is 379 g/mol. The predicted octanol–water partition coefficient (Wildman–Crippen LogP) is 1.82. The summed E-state index contributed by atoms with van der Waals surface area (Å²) >= 11 is 0. The fourth-order valence-electron chi connectivity index (χ4n) is 3.29. The number of guanidine groups is 1. The number of amides is 1. The zero-order valence-electron chi connectivity index (χ0n) is 13.6. The third kappa shape index (κ3) is 5.30. The molecule has 0 radical (unpaired) electrons. The SMILES string of the molecule is CC(C)NC(=NCC(=O)N(C)C)NC1CC2CCC1C2.I. The van der Waals surface area contributed by atoms with Gasteiger partial charge in [-0.3, -0.25) is 4.79 Å². The normalized spacial score (nSPS) is 27.5. The molecule has 122 valence electrons. The number of hydrogen-bond donors (Lipinski definition) is 2. The van der Waals surface area contributed by atoms with Gasteiger partial charge in [0.15, 0.2) is 5.96 Å². The van der Waals surface area contributed by atoms with Gasteiger partial charge in [-0.2, -0.15) is 0 Å². The molecule has 0 aliphatic heterocycles. The summed E-state index contributed by atoms with van der Waals surface area (Å²) in [5, 5.41) is 6.87. The molecule has 6 heteroatoms. The van der Waals surface area contributed by atoms with Crippen LogP contribution in [0.25, 0.3) is 0 Å². The molecule has 2 aliphatic carbocycles. The third-order valence-corrected chi connectivity index (χ3v) is 4.36. The molecule has 3 unspecified atom stereocenters. The van der Waals surface area contributed by atoms with Crippen molar-refractivity contribution in [1.82, 2.24) is 15.5 Å². The molecule has 0 aromatic rings. The number of fused-ring (bicyclic) bond motifs is 2. The highest BCUT2D eigenvalue weighted by atomic mass is 127. The van der Waals surface area contributed by atoms with Crippen LogP contribution in [0.15, 0.2) is 4.99 Å². The van der Waals surface area contributed by atoms with Gasteiger partial charge in [0, 0.05) is 26.2 Å². The molecular formula is C15H29IN4O. The largest absolute Gasteiger partial charge is 0.354 e. The Labute approximate surface area is 145 Å². The number of carbonyl (C=O) groups excluding carboxylic acids is 1. The van der Waals surface area contributed by atoms with Gasteiger partial charge in [-0.25, -0.2) is 4.99 Å². The second kappa shape index (κ2) is 8.19. The molecule has 0 heterocycles. The van der Waals surface area contributed by atoms with Crippen LogP contribution in [0.1, 0.15) is 39.5 Å². The zero-order chi connectivity index (χ0) is 14.7. The van der Waals surface area contributed by atoms with E-state index in [4.69, 9.17) is 0 Å². The second-order valence-corrected chi connectivity index (χ2v) is 6.68. The Morgan fingerprint density at radius 2 is 2.00 bits per heavy atom. The molecule has 2 N–H and O–H groups in total. The topological polar surface area (TPSA) is 56.7 Å². The lowest BCUT2D eigenvalue weighted by Crippen LogP contribution is -2.48. The van der Waals surface area contributed by atoms with Crippen LogP contribution >= 0.6 is 24.0 Å². The Hall–Kier alpha value is -0.530. The van der Waals surface area contributed by atoms with Gasteiger partial charge in [0.05, 0.1) is 0 Å². The average Bonchev–Trinajstić information content (AvgIpc) is 2.96. The molecule has 2 bridgehead atoms. The highest BCUT2D eigenvalue weighted by molar-refractivity contribution is 14.0. The van der Waals surface area contributed by atoms with E-state index in [-0.39, 0.29) is 36.4 Å². The van der Waals surface area contributed by atoms with Crippen molar-refractivity contribution in [2.24, 2.45) is 16.8 Å². The van der Waals surface area contributed by atoms with Gasteiger partial charge in [-0.1, -0.05) is 6.42 Å². The number of nitrogens with one attached hydrogen (secondary N) is 2. The Bertz CT molecular complexity index is 384. The number of hydrogen-bond acceptors (Lipinski definition) is 2. The lowest BCUT2D eigenvalue weighted by atomic mass is 9.95. The molecule has 1 amide bonds. The average molecular weight is 408 g/mol. The van der Waals surface area contributed by atoms with Crippen molar-refractivity contribution < 1.29 is 4.79 Å². The van der Waals surface area contributed by atoms with Crippen LogP contribution in [0.5, 0.6) is 0 Å². The van der Waals surface area contributed by atoms with Crippen molar-refractivity contribution in [2.75, 3.05) is 20.6 Å². The summed E-state index contributed by atoms with van der Waals surface area (Å²) in [5.41, 5.74) is 0. The molecule has 2 rings (SSSR count). The lowest BCUT2D eigenvalue weighted by Gasteiger charge is -2.26. The van der Waals surface area contributed by atoms with Gasteiger partial charge < -0.3 is 15.5 Å². The molecule has 3 atom stereocenters. The minimum atomic E-state index is 0. The van der Waals surface area contributed by atoms with E-state index in [2.05, 4.69) is 29.5 Å². The predicted molar refractivity (Wildman–Crippen MR) is 97.1 cm³/mol. The van der Waals surface area contributed by atoms with Gasteiger partial charge in [0.2, 0.25) is 5.91 Å². The van der Waals surface area contributed by atoms with Crippen LogP contribution in [-0.2, 0) is 4.79 Å². The number of rotatable bonds is 4. The Kier molecular flexibility index (Phi) is 7.23. The summed E-state index contributed by atoms with van der Waals surface area (Å²) < 4.78 is 0. The van der Waals surface area contributed by atoms with Crippen LogP contribution in [0, 0.1) is 11.8 Å². The first-order valence-corrected chi connectivity index (χ1v) is 7.73. The summed E-state index contributed by atoms with van der Waals surface area (Å²) in [6, 6.07) is 0.850. The monoisotopic (exact) mass is 408 g/mol. The van der Waals surface area contributed by atoms with Gasteiger partial charge in [0.25, 0.3) is 0 Å². The Morgan fingerprint density at radius 3 is 2.48 bits per heavy atom. The molecule has 21 heavy (non-hydrogen) atoms. The third-order valence-electron chi connectivity index (χ3n) is 4.36. The summed E-state index contributed by atoms with van der Waals surface area (Å²) in [6.07, 6.45) is 5.36. The van der Waals surface area contributed by atoms with E-state index in [1.54, 1.807) is 19.0 Å². The maximum absolute atomic E-state index is 11.7. The van der Waals surface area contributed by atoms with Crippen LogP contribution < -0.4 is 10.6 Å².